The number of nitro benzene ring substituents is 1. The zero-order valence-corrected chi connectivity index (χ0v) is 13.2. The van der Waals surface area contributed by atoms with Crippen LogP contribution >= 0.6 is 0 Å². The Kier molecular flexibility index (Phi) is 3.49. The molecule has 7 nitrogen and oxygen atoms in total. The monoisotopic (exact) mass is 332 g/mol. The van der Waals surface area contributed by atoms with Gasteiger partial charge in [-0.3, -0.25) is 14.9 Å². The van der Waals surface area contributed by atoms with E-state index in [0.717, 1.165) is 38.7 Å². The number of fused-ring (bicyclic) bond motifs is 2. The number of carbonyl (C=O) groups is 1. The fraction of sp³-hybridized carbons (Fsp3) is 0.588. The predicted molar refractivity (Wildman–Crippen MR) is 84.8 cm³/mol. The van der Waals surface area contributed by atoms with Gasteiger partial charge < -0.3 is 15.2 Å². The van der Waals surface area contributed by atoms with Crippen LogP contribution in [0.15, 0.2) is 18.2 Å². The van der Waals surface area contributed by atoms with E-state index in [1.807, 2.05) is 0 Å². The van der Waals surface area contributed by atoms with Crippen LogP contribution in [0, 0.1) is 21.4 Å². The van der Waals surface area contributed by atoms with Crippen molar-refractivity contribution in [2.75, 3.05) is 6.61 Å². The third-order valence-electron chi connectivity index (χ3n) is 6.03. The Balaban J connectivity index is 1.58. The second kappa shape index (κ2) is 5.44. The molecule has 4 rings (SSSR count). The minimum absolute atomic E-state index is 0.00710. The molecule has 0 unspecified atom stereocenters. The van der Waals surface area contributed by atoms with Gasteiger partial charge in [0.05, 0.1) is 16.6 Å². The maximum atomic E-state index is 12.6. The lowest BCUT2D eigenvalue weighted by atomic mass is 9.54. The number of hydrogen-bond acceptors (Lipinski definition) is 5. The summed E-state index contributed by atoms with van der Waals surface area (Å²) in [6.07, 6.45) is 5.52. The second-order valence-electron chi connectivity index (χ2n) is 7.07. The molecule has 0 aromatic heterocycles. The topological polar surface area (TPSA) is 102 Å². The van der Waals surface area contributed by atoms with Crippen molar-refractivity contribution in [2.24, 2.45) is 11.3 Å². The molecule has 24 heavy (non-hydrogen) atoms. The molecule has 128 valence electrons. The van der Waals surface area contributed by atoms with Crippen LogP contribution in [0.25, 0.3) is 0 Å². The first-order valence-corrected chi connectivity index (χ1v) is 8.43. The van der Waals surface area contributed by atoms with Crippen LogP contribution in [0.2, 0.25) is 0 Å². The number of nitrogens with zero attached hydrogens (tertiary/aromatic N) is 1. The standard InChI is InChI=1S/C17H20N2O5/c20-13-10(4-3-5-12(13)19(22)23)16(21)18-14-11-6-9-24-15(11)17(14)7-1-2-8-17/h3-5,11,14-15,20H,1-2,6-9H2,(H,18,21)/t11-,14-,15-/m1/s1. The van der Waals surface area contributed by atoms with Gasteiger partial charge in [-0.2, -0.15) is 0 Å². The summed E-state index contributed by atoms with van der Waals surface area (Å²) in [5.74, 6) is -0.704. The molecule has 3 fully saturated rings. The van der Waals surface area contributed by atoms with E-state index in [4.69, 9.17) is 4.74 Å². The fourth-order valence-corrected chi connectivity index (χ4v) is 4.99. The normalized spacial score (nSPS) is 29.9. The minimum atomic E-state index is -0.686. The van der Waals surface area contributed by atoms with E-state index in [1.54, 1.807) is 0 Å². The van der Waals surface area contributed by atoms with Gasteiger partial charge in [-0.25, -0.2) is 0 Å². The molecule has 1 heterocycles. The molecule has 1 aliphatic heterocycles. The van der Waals surface area contributed by atoms with Gasteiger partial charge in [0.25, 0.3) is 5.91 Å². The van der Waals surface area contributed by atoms with E-state index in [-0.39, 0.29) is 23.1 Å². The summed E-state index contributed by atoms with van der Waals surface area (Å²) in [4.78, 5) is 22.9. The highest BCUT2D eigenvalue weighted by atomic mass is 16.6. The van der Waals surface area contributed by atoms with Gasteiger partial charge in [0.2, 0.25) is 5.75 Å². The summed E-state index contributed by atoms with van der Waals surface area (Å²) in [5, 5.41) is 24.0. The lowest BCUT2D eigenvalue weighted by Crippen LogP contribution is -2.68. The van der Waals surface area contributed by atoms with Crippen molar-refractivity contribution in [3.63, 3.8) is 0 Å². The molecular weight excluding hydrogens is 312 g/mol. The number of nitrogens with one attached hydrogen (secondary N) is 1. The summed E-state index contributed by atoms with van der Waals surface area (Å²) >= 11 is 0. The Morgan fingerprint density at radius 2 is 2.12 bits per heavy atom. The Hall–Kier alpha value is -2.15. The lowest BCUT2D eigenvalue weighted by molar-refractivity contribution is -0.385. The number of amides is 1. The van der Waals surface area contributed by atoms with Crippen LogP contribution in [0.1, 0.15) is 42.5 Å². The largest absolute Gasteiger partial charge is 0.502 e. The molecule has 7 heteroatoms. The van der Waals surface area contributed by atoms with Crippen molar-refractivity contribution in [3.05, 3.63) is 33.9 Å². The Morgan fingerprint density at radius 3 is 2.83 bits per heavy atom. The SMILES string of the molecule is O=C(N[C@@H]1[C@H]2CCO[C@H]2C12CCCC2)c1cccc([N+](=O)[O-])c1O. The number of ether oxygens (including phenoxy) is 1. The van der Waals surface area contributed by atoms with E-state index in [2.05, 4.69) is 5.32 Å². The van der Waals surface area contributed by atoms with Gasteiger partial charge in [-0.15, -0.1) is 0 Å². The van der Waals surface area contributed by atoms with Gasteiger partial charge in [0.1, 0.15) is 0 Å². The van der Waals surface area contributed by atoms with Crippen LogP contribution < -0.4 is 5.32 Å². The van der Waals surface area contributed by atoms with Crippen LogP contribution in [-0.4, -0.2) is 34.7 Å². The summed E-state index contributed by atoms with van der Waals surface area (Å²) < 4.78 is 5.89. The number of rotatable bonds is 3. The van der Waals surface area contributed by atoms with Crippen molar-refractivity contribution in [3.8, 4) is 5.75 Å². The number of aromatic hydroxyl groups is 1. The maximum absolute atomic E-state index is 12.6. The molecule has 3 atom stereocenters. The quantitative estimate of drug-likeness (QED) is 0.653. The van der Waals surface area contributed by atoms with E-state index in [0.29, 0.717) is 5.92 Å². The number of carbonyl (C=O) groups excluding carboxylic acids is 1. The van der Waals surface area contributed by atoms with Crippen molar-refractivity contribution < 1.29 is 19.6 Å². The van der Waals surface area contributed by atoms with Crippen LogP contribution in [0.3, 0.4) is 0 Å². The van der Waals surface area contributed by atoms with Crippen molar-refractivity contribution in [1.82, 2.24) is 5.32 Å². The van der Waals surface area contributed by atoms with E-state index in [1.165, 1.54) is 18.2 Å². The fourth-order valence-electron chi connectivity index (χ4n) is 4.99. The molecule has 1 aromatic carbocycles. The summed E-state index contributed by atoms with van der Waals surface area (Å²) in [7, 11) is 0. The van der Waals surface area contributed by atoms with Gasteiger partial charge in [-0.1, -0.05) is 18.9 Å². The molecule has 1 aromatic rings. The van der Waals surface area contributed by atoms with Crippen LogP contribution in [0.4, 0.5) is 5.69 Å². The summed E-state index contributed by atoms with van der Waals surface area (Å²) in [6.45, 7) is 0.728. The Bertz CT molecular complexity index is 698. The Morgan fingerprint density at radius 1 is 1.38 bits per heavy atom. The maximum Gasteiger partial charge on any atom is 0.311 e. The molecule has 1 amide bonds. The zero-order chi connectivity index (χ0) is 16.9. The summed E-state index contributed by atoms with van der Waals surface area (Å²) in [5.41, 5.74) is -0.485. The Labute approximate surface area is 139 Å². The lowest BCUT2D eigenvalue weighted by Gasteiger charge is -2.56. The van der Waals surface area contributed by atoms with Gasteiger partial charge in [0, 0.05) is 30.0 Å². The highest BCUT2D eigenvalue weighted by molar-refractivity contribution is 5.98. The van der Waals surface area contributed by atoms with Crippen LogP contribution in [0.5, 0.6) is 5.75 Å². The smallest absolute Gasteiger partial charge is 0.311 e. The molecule has 3 aliphatic rings. The second-order valence-corrected chi connectivity index (χ2v) is 7.07. The first kappa shape index (κ1) is 15.4. The molecule has 1 spiro atoms. The minimum Gasteiger partial charge on any atom is -0.502 e. The third kappa shape index (κ3) is 2.04. The number of phenols is 1. The molecule has 2 saturated carbocycles. The number of nitro groups is 1. The average Bonchev–Trinajstić information content (AvgIpc) is 3.20. The number of benzene rings is 1. The molecule has 1 saturated heterocycles. The number of hydrogen-bond donors (Lipinski definition) is 2. The van der Waals surface area contributed by atoms with Gasteiger partial charge >= 0.3 is 5.69 Å². The van der Waals surface area contributed by atoms with E-state index in [9.17, 15) is 20.0 Å². The molecular formula is C17H20N2O5. The third-order valence-corrected chi connectivity index (χ3v) is 6.03. The van der Waals surface area contributed by atoms with Crippen LogP contribution in [-0.2, 0) is 4.74 Å². The summed E-state index contributed by atoms with van der Waals surface area (Å²) in [6, 6.07) is 4.05. The highest BCUT2D eigenvalue weighted by Crippen LogP contribution is 2.60. The molecule has 2 N–H and O–H groups in total. The molecule has 0 radical (unpaired) electrons. The van der Waals surface area contributed by atoms with Crippen molar-refractivity contribution >= 4 is 11.6 Å². The van der Waals surface area contributed by atoms with Gasteiger partial charge in [0.15, 0.2) is 0 Å². The number of phenolic OH excluding ortho intramolecular Hbond substituents is 1. The molecule has 2 aliphatic carbocycles. The van der Waals surface area contributed by atoms with Crippen molar-refractivity contribution in [1.29, 1.82) is 0 Å². The van der Waals surface area contributed by atoms with Crippen molar-refractivity contribution in [2.45, 2.75) is 44.2 Å². The van der Waals surface area contributed by atoms with Gasteiger partial charge in [-0.05, 0) is 25.3 Å². The zero-order valence-electron chi connectivity index (χ0n) is 13.2. The average molecular weight is 332 g/mol. The highest BCUT2D eigenvalue weighted by Gasteiger charge is 2.65. The van der Waals surface area contributed by atoms with E-state index >= 15 is 0 Å². The first-order chi connectivity index (χ1) is 11.5. The first-order valence-electron chi connectivity index (χ1n) is 8.43. The molecule has 0 bridgehead atoms. The van der Waals surface area contributed by atoms with E-state index < -0.39 is 22.3 Å². The predicted octanol–water partition coefficient (Wildman–Crippen LogP) is 2.38. The number of para-hydroxylation sites is 1.